The lowest BCUT2D eigenvalue weighted by atomic mass is 9.96. The molecule has 6 nitrogen and oxygen atoms in total. The summed E-state index contributed by atoms with van der Waals surface area (Å²) in [6.07, 6.45) is 4.07. The topological polar surface area (TPSA) is 73.6 Å². The first-order valence-electron chi connectivity index (χ1n) is 9.53. The maximum Gasteiger partial charge on any atom is 0.339 e. The average molecular weight is 407 g/mol. The van der Waals surface area contributed by atoms with E-state index >= 15 is 0 Å². The number of nitriles is 1. The van der Waals surface area contributed by atoms with Crippen LogP contribution in [-0.2, 0) is 22.4 Å². The lowest BCUT2D eigenvalue weighted by Gasteiger charge is -2.19. The Bertz CT molecular complexity index is 1030. The fraction of sp³-hybridized carbons (Fsp3) is 0.318. The Morgan fingerprint density at radius 1 is 1.14 bits per heavy atom. The number of benzene rings is 1. The van der Waals surface area contributed by atoms with Crippen LogP contribution >= 0.6 is 11.3 Å². The van der Waals surface area contributed by atoms with E-state index in [0.717, 1.165) is 42.6 Å². The van der Waals surface area contributed by atoms with Crippen molar-refractivity contribution < 1.29 is 14.3 Å². The van der Waals surface area contributed by atoms with E-state index in [-0.39, 0.29) is 5.57 Å². The zero-order chi connectivity index (χ0) is 20.5. The van der Waals surface area contributed by atoms with Crippen LogP contribution in [0.15, 0.2) is 41.0 Å². The van der Waals surface area contributed by atoms with E-state index in [9.17, 15) is 14.9 Å². The van der Waals surface area contributed by atoms with Crippen LogP contribution in [0.25, 0.3) is 0 Å². The molecule has 4 rings (SSSR count). The molecule has 0 N–H and O–H groups in total. The second kappa shape index (κ2) is 7.72. The van der Waals surface area contributed by atoms with Gasteiger partial charge in [0.25, 0.3) is 0 Å². The molecular formula is C22H21N3O3S. The van der Waals surface area contributed by atoms with Gasteiger partial charge in [0.15, 0.2) is 6.61 Å². The molecule has 2 aliphatic rings. The molecule has 0 spiro atoms. The van der Waals surface area contributed by atoms with Crippen LogP contribution in [0.1, 0.15) is 33.6 Å². The number of carbonyl (C=O) groups excluding carboxylic acids is 2. The van der Waals surface area contributed by atoms with Crippen LogP contribution < -0.4 is 9.80 Å². The van der Waals surface area contributed by atoms with Crippen LogP contribution in [0, 0.1) is 11.3 Å². The summed E-state index contributed by atoms with van der Waals surface area (Å²) in [5.74, 6) is -0.509. The van der Waals surface area contributed by atoms with E-state index < -0.39 is 18.4 Å². The highest BCUT2D eigenvalue weighted by Gasteiger charge is 2.31. The van der Waals surface area contributed by atoms with Gasteiger partial charge in [-0.3, -0.25) is 4.79 Å². The number of nitrogens with zero attached hydrogens (tertiary/aromatic N) is 3. The van der Waals surface area contributed by atoms with Crippen LogP contribution in [0.2, 0.25) is 0 Å². The van der Waals surface area contributed by atoms with Gasteiger partial charge in [-0.15, -0.1) is 11.3 Å². The van der Waals surface area contributed by atoms with Crippen LogP contribution in [-0.4, -0.2) is 32.5 Å². The molecule has 0 saturated heterocycles. The number of para-hydroxylation sites is 2. The predicted octanol–water partition coefficient (Wildman–Crippen LogP) is 3.67. The highest BCUT2D eigenvalue weighted by molar-refractivity contribution is 7.10. The summed E-state index contributed by atoms with van der Waals surface area (Å²) in [5, 5.41) is 11.5. The van der Waals surface area contributed by atoms with Gasteiger partial charge in [0.1, 0.15) is 17.5 Å². The van der Waals surface area contributed by atoms with Gasteiger partial charge < -0.3 is 14.5 Å². The summed E-state index contributed by atoms with van der Waals surface area (Å²) in [5.41, 5.74) is 3.42. The van der Waals surface area contributed by atoms with E-state index in [2.05, 4.69) is 0 Å². The Kier molecular flexibility index (Phi) is 5.12. The SMILES string of the molecule is CN1C(=C(C#N)C(=O)COC(=O)c2csc3c2CCCC3)N(C)c2ccccc21. The summed E-state index contributed by atoms with van der Waals surface area (Å²) in [6, 6.07) is 9.67. The molecule has 0 radical (unpaired) electrons. The third-order valence-corrected chi connectivity index (χ3v) is 6.56. The molecule has 1 aliphatic heterocycles. The minimum atomic E-state index is -0.508. The van der Waals surface area contributed by atoms with Crippen molar-refractivity contribution >= 4 is 34.5 Å². The Morgan fingerprint density at radius 2 is 1.79 bits per heavy atom. The third-order valence-electron chi connectivity index (χ3n) is 5.47. The third kappa shape index (κ3) is 3.30. The molecule has 1 aromatic carbocycles. The van der Waals surface area contributed by atoms with Gasteiger partial charge in [0.05, 0.1) is 16.9 Å². The largest absolute Gasteiger partial charge is 0.454 e. The van der Waals surface area contributed by atoms with Crippen molar-refractivity contribution in [1.82, 2.24) is 0 Å². The maximum atomic E-state index is 12.8. The zero-order valence-electron chi connectivity index (χ0n) is 16.4. The summed E-state index contributed by atoms with van der Waals surface area (Å²) in [7, 11) is 3.62. The number of Topliss-reactive ketones (excluding diaryl/α,β-unsaturated/α-hetero) is 1. The molecule has 0 atom stereocenters. The number of fused-ring (bicyclic) bond motifs is 2. The first kappa shape index (κ1) is 19.2. The number of aryl methyl sites for hydroxylation is 1. The van der Waals surface area contributed by atoms with Crippen molar-refractivity contribution in [3.05, 3.63) is 57.0 Å². The molecule has 0 fully saturated rings. The summed E-state index contributed by atoms with van der Waals surface area (Å²) in [4.78, 5) is 30.1. The molecule has 2 heterocycles. The highest BCUT2D eigenvalue weighted by atomic mass is 32.1. The number of hydrogen-bond donors (Lipinski definition) is 0. The Balaban J connectivity index is 1.52. The lowest BCUT2D eigenvalue weighted by molar-refractivity contribution is -0.118. The Labute approximate surface area is 173 Å². The molecular weight excluding hydrogens is 386 g/mol. The monoisotopic (exact) mass is 407 g/mol. The minimum Gasteiger partial charge on any atom is -0.454 e. The maximum absolute atomic E-state index is 12.8. The molecule has 1 aliphatic carbocycles. The molecule has 29 heavy (non-hydrogen) atoms. The van der Waals surface area contributed by atoms with Gasteiger partial charge in [0, 0.05) is 24.4 Å². The number of rotatable bonds is 4. The number of hydrogen-bond acceptors (Lipinski definition) is 7. The first-order valence-corrected chi connectivity index (χ1v) is 10.4. The normalized spacial score (nSPS) is 14.9. The predicted molar refractivity (Wildman–Crippen MR) is 112 cm³/mol. The van der Waals surface area contributed by atoms with Gasteiger partial charge in [-0.25, -0.2) is 4.79 Å². The van der Waals surface area contributed by atoms with Crippen LogP contribution in [0.4, 0.5) is 11.4 Å². The fourth-order valence-corrected chi connectivity index (χ4v) is 5.12. The fourth-order valence-electron chi connectivity index (χ4n) is 4.00. The van der Waals surface area contributed by atoms with Crippen molar-refractivity contribution in [2.75, 3.05) is 30.5 Å². The van der Waals surface area contributed by atoms with Crippen molar-refractivity contribution in [2.45, 2.75) is 25.7 Å². The standard InChI is InChI=1S/C22H21N3O3S/c1-24-17-8-4-5-9-18(17)25(2)21(24)15(11-23)19(26)12-28-22(27)16-13-29-20-10-6-3-7-14(16)20/h4-5,8-9,13H,3,6-7,10,12H2,1-2H3. The van der Waals surface area contributed by atoms with Gasteiger partial charge in [-0.2, -0.15) is 5.26 Å². The summed E-state index contributed by atoms with van der Waals surface area (Å²) < 4.78 is 5.30. The molecule has 1 aromatic heterocycles. The van der Waals surface area contributed by atoms with Crippen molar-refractivity contribution in [2.24, 2.45) is 0 Å². The molecule has 2 aromatic rings. The van der Waals surface area contributed by atoms with Crippen molar-refractivity contribution in [3.63, 3.8) is 0 Å². The smallest absolute Gasteiger partial charge is 0.339 e. The highest BCUT2D eigenvalue weighted by Crippen LogP contribution is 2.40. The van der Waals surface area contributed by atoms with E-state index in [1.807, 2.05) is 59.6 Å². The average Bonchev–Trinajstić information content (AvgIpc) is 3.28. The van der Waals surface area contributed by atoms with Gasteiger partial charge in [-0.1, -0.05) is 12.1 Å². The first-order chi connectivity index (χ1) is 14.0. The van der Waals surface area contributed by atoms with Gasteiger partial charge in [0.2, 0.25) is 5.78 Å². The van der Waals surface area contributed by atoms with Crippen molar-refractivity contribution in [1.29, 1.82) is 5.26 Å². The van der Waals surface area contributed by atoms with Gasteiger partial charge >= 0.3 is 5.97 Å². The Hall–Kier alpha value is -3.11. The molecule has 148 valence electrons. The van der Waals surface area contributed by atoms with Crippen LogP contribution in [0.3, 0.4) is 0 Å². The van der Waals surface area contributed by atoms with E-state index in [1.54, 1.807) is 11.3 Å². The molecule has 0 amide bonds. The number of anilines is 2. The number of ketones is 1. The lowest BCUT2D eigenvalue weighted by Crippen LogP contribution is -2.28. The van der Waals surface area contributed by atoms with E-state index in [4.69, 9.17) is 4.74 Å². The molecule has 0 unspecified atom stereocenters. The second-order valence-electron chi connectivity index (χ2n) is 7.17. The number of esters is 1. The van der Waals surface area contributed by atoms with E-state index in [1.165, 1.54) is 4.88 Å². The van der Waals surface area contributed by atoms with E-state index in [0.29, 0.717) is 11.4 Å². The summed E-state index contributed by atoms with van der Waals surface area (Å²) >= 11 is 1.58. The second-order valence-corrected chi connectivity index (χ2v) is 8.14. The Morgan fingerprint density at radius 3 is 2.45 bits per heavy atom. The molecule has 7 heteroatoms. The van der Waals surface area contributed by atoms with Crippen LogP contribution in [0.5, 0.6) is 0 Å². The van der Waals surface area contributed by atoms with Gasteiger partial charge in [-0.05, 0) is 43.4 Å². The summed E-state index contributed by atoms with van der Waals surface area (Å²) in [6.45, 7) is -0.451. The number of thiophene rings is 1. The molecule has 0 bridgehead atoms. The number of ether oxygens (including phenoxy) is 1. The van der Waals surface area contributed by atoms with Crippen molar-refractivity contribution in [3.8, 4) is 6.07 Å². The molecule has 0 saturated carbocycles. The number of carbonyl (C=O) groups is 2. The minimum absolute atomic E-state index is 0.0219. The quantitative estimate of drug-likeness (QED) is 0.437. The zero-order valence-corrected chi connectivity index (χ0v) is 17.2.